The molecule has 2 aromatic rings. The first-order chi connectivity index (χ1) is 26.6. The Morgan fingerprint density at radius 1 is 0.912 bits per heavy atom. The Morgan fingerprint density at radius 3 is 2.00 bits per heavy atom. The number of phosphoric acid groups is 1. The average molecular weight is 827 g/mol. The van der Waals surface area contributed by atoms with Crippen LogP contribution in [-0.2, 0) is 41.6 Å². The van der Waals surface area contributed by atoms with Crippen molar-refractivity contribution in [2.75, 3.05) is 19.7 Å². The summed E-state index contributed by atoms with van der Waals surface area (Å²) in [4.78, 5) is 40.7. The van der Waals surface area contributed by atoms with Gasteiger partial charge in [0.1, 0.15) is 23.2 Å². The van der Waals surface area contributed by atoms with Crippen molar-refractivity contribution >= 4 is 27.2 Å². The van der Waals surface area contributed by atoms with Crippen molar-refractivity contribution in [3.63, 3.8) is 0 Å². The van der Waals surface area contributed by atoms with Crippen molar-refractivity contribution in [1.82, 2.24) is 9.80 Å². The third kappa shape index (κ3) is 7.64. The first-order valence-electron chi connectivity index (χ1n) is 19.0. The van der Waals surface area contributed by atoms with Crippen LogP contribution in [0.2, 0.25) is 0 Å². The second kappa shape index (κ2) is 14.5. The average Bonchev–Trinajstić information content (AvgIpc) is 3.82. The third-order valence-electron chi connectivity index (χ3n) is 11.2. The summed E-state index contributed by atoms with van der Waals surface area (Å²) in [5.74, 6) is -1.04. The van der Waals surface area contributed by atoms with Gasteiger partial charge in [-0.2, -0.15) is 10.5 Å². The Hall–Kier alpha value is -3.82. The molecule has 0 bridgehead atoms. The Kier molecular flexibility index (Phi) is 10.5. The van der Waals surface area contributed by atoms with Gasteiger partial charge < -0.3 is 28.9 Å². The van der Waals surface area contributed by atoms with Gasteiger partial charge in [0.2, 0.25) is 17.6 Å². The number of phosphoric ester groups is 1. The second-order valence-electron chi connectivity index (χ2n) is 16.8. The topological polar surface area (TPSA) is 207 Å². The van der Waals surface area contributed by atoms with Crippen LogP contribution in [0, 0.1) is 22.7 Å². The van der Waals surface area contributed by atoms with Gasteiger partial charge in [0.05, 0.1) is 47.6 Å². The van der Waals surface area contributed by atoms with Crippen LogP contribution < -0.4 is 9.47 Å². The van der Waals surface area contributed by atoms with Crippen LogP contribution in [0.25, 0.3) is 0 Å². The molecule has 5 heterocycles. The Balaban J connectivity index is 1.05. The van der Waals surface area contributed by atoms with E-state index in [1.165, 1.54) is 0 Å². The number of nitrogens with zero attached hydrogens (tertiary/aromatic N) is 4. The number of ether oxygens (including phenoxy) is 3. The molecule has 2 aromatic carbocycles. The molecule has 3 saturated heterocycles. The highest BCUT2D eigenvalue weighted by molar-refractivity contribution is 7.55. The fourth-order valence-corrected chi connectivity index (χ4v) is 11.7. The maximum absolute atomic E-state index is 14.7. The number of hydrogen-bond acceptors (Lipinski definition) is 13. The van der Waals surface area contributed by atoms with E-state index >= 15 is 0 Å². The monoisotopic (exact) mass is 826 g/mol. The van der Waals surface area contributed by atoms with Gasteiger partial charge in [-0.3, -0.25) is 32.2 Å². The molecule has 18 heteroatoms. The summed E-state index contributed by atoms with van der Waals surface area (Å²) in [6.07, 6.45) is -0.314. The number of likely N-dealkylation sites (tertiary alicyclic amines) is 2. The Bertz CT molecular complexity index is 2160. The summed E-state index contributed by atoms with van der Waals surface area (Å²) in [6.45, 7) is 11.9. The number of carbonyl (C=O) groups is 2. The highest BCUT2D eigenvalue weighted by Gasteiger charge is 2.67. The van der Waals surface area contributed by atoms with Gasteiger partial charge in [-0.1, -0.05) is 0 Å². The third-order valence-corrected chi connectivity index (χ3v) is 15.0. The molecule has 5 aliphatic rings. The largest absolute Gasteiger partial charge is 0.485 e. The molecular weight excluding hydrogens is 778 g/mol. The van der Waals surface area contributed by atoms with E-state index in [1.807, 2.05) is 0 Å². The molecule has 0 saturated carbocycles. The van der Waals surface area contributed by atoms with Crippen LogP contribution in [0.3, 0.4) is 0 Å². The van der Waals surface area contributed by atoms with Crippen LogP contribution in [0.15, 0.2) is 36.4 Å². The molecule has 7 rings (SSSR count). The highest BCUT2D eigenvalue weighted by Crippen LogP contribution is 2.71. The molecular formula is C39H48N4O12P2. The molecule has 0 aliphatic carbocycles. The van der Waals surface area contributed by atoms with Crippen LogP contribution in [0.1, 0.15) is 115 Å². The molecule has 2 amide bonds. The standard InChI is InChI=1S/C39H48N4O12P2/c1-36(2,54-57(47,48)53-34-32(42-17-8-10-30(42)44)26-20-24(22-40)12-14-28(26)50-37(34,3)4)16-19-49-38(5,6)56(46)52-35-33(43-18-9-11-31(43)45)27-21-25(23-41)13-15-29(27)51-39(35,7)55-56/h12-15,20-21,32-35H,8-11,16-19H2,1-7H3,(H,47,48). The van der Waals surface area contributed by atoms with E-state index in [0.29, 0.717) is 72.5 Å². The minimum absolute atomic E-state index is 0.0157. The quantitative estimate of drug-likeness (QED) is 0.232. The molecule has 0 radical (unpaired) electrons. The zero-order valence-electron chi connectivity index (χ0n) is 33.1. The normalized spacial score (nSPS) is 30.4. The van der Waals surface area contributed by atoms with Gasteiger partial charge in [-0.15, -0.1) is 0 Å². The number of carbonyl (C=O) groups excluding carboxylic acids is 2. The molecule has 7 atom stereocenters. The van der Waals surface area contributed by atoms with Gasteiger partial charge in [-0.25, -0.2) is 4.57 Å². The number of amides is 2. The molecule has 57 heavy (non-hydrogen) atoms. The Morgan fingerprint density at radius 2 is 1.46 bits per heavy atom. The van der Waals surface area contributed by atoms with E-state index < -0.39 is 62.0 Å². The van der Waals surface area contributed by atoms with E-state index in [4.69, 9.17) is 32.3 Å². The van der Waals surface area contributed by atoms with E-state index in [1.54, 1.807) is 94.7 Å². The second-order valence-corrected chi connectivity index (χ2v) is 20.6. The van der Waals surface area contributed by atoms with Crippen molar-refractivity contribution in [3.05, 3.63) is 58.7 Å². The number of benzene rings is 2. The number of fused-ring (bicyclic) bond motifs is 3. The van der Waals surface area contributed by atoms with Crippen molar-refractivity contribution < 1.29 is 55.9 Å². The summed E-state index contributed by atoms with van der Waals surface area (Å²) in [5, 5.41) is 17.7. The van der Waals surface area contributed by atoms with Crippen LogP contribution in [0.5, 0.6) is 11.5 Å². The zero-order valence-corrected chi connectivity index (χ0v) is 34.8. The smallest absolute Gasteiger partial charge is 0.473 e. The first kappa shape index (κ1) is 41.3. The first-order valence-corrected chi connectivity index (χ1v) is 22.1. The minimum atomic E-state index is -4.90. The molecule has 3 fully saturated rings. The van der Waals surface area contributed by atoms with Crippen LogP contribution >= 0.6 is 15.4 Å². The summed E-state index contributed by atoms with van der Waals surface area (Å²) in [6, 6.07) is 12.3. The summed E-state index contributed by atoms with van der Waals surface area (Å²) in [7, 11) is -9.09. The number of nitriles is 2. The van der Waals surface area contributed by atoms with Gasteiger partial charge in [0, 0.05) is 44.0 Å². The van der Waals surface area contributed by atoms with Crippen LogP contribution in [-0.4, -0.2) is 80.7 Å². The lowest BCUT2D eigenvalue weighted by Crippen LogP contribution is -2.55. The number of rotatable bonds is 11. The number of hydrogen-bond donors (Lipinski definition) is 1. The summed E-state index contributed by atoms with van der Waals surface area (Å²) < 4.78 is 71.5. The molecule has 306 valence electrons. The van der Waals surface area contributed by atoms with Gasteiger partial charge >= 0.3 is 15.4 Å². The lowest BCUT2D eigenvalue weighted by molar-refractivity contribution is -0.160. The Labute approximate surface area is 332 Å². The maximum Gasteiger partial charge on any atom is 0.473 e. The van der Waals surface area contributed by atoms with E-state index in [2.05, 4.69) is 12.1 Å². The van der Waals surface area contributed by atoms with Crippen LogP contribution in [0.4, 0.5) is 0 Å². The maximum atomic E-state index is 14.7. The van der Waals surface area contributed by atoms with Crippen molar-refractivity contribution in [2.24, 2.45) is 0 Å². The van der Waals surface area contributed by atoms with E-state index in [-0.39, 0.29) is 24.8 Å². The van der Waals surface area contributed by atoms with Gasteiger partial charge in [-0.05, 0) is 97.2 Å². The van der Waals surface area contributed by atoms with Gasteiger partial charge in [0.25, 0.3) is 0 Å². The summed E-state index contributed by atoms with van der Waals surface area (Å²) >= 11 is 0. The minimum Gasteiger partial charge on any atom is -0.485 e. The SMILES string of the molecule is CC(C)(CCOC(C)(C)P1(=O)OC2C(N3CCCC3=O)c3cc(C#N)ccc3OC2(C)O1)OP(=O)(O)OC1C(N2CCCC2=O)c2cc(C#N)ccc2OC1(C)C. The zero-order chi connectivity index (χ0) is 41.3. The van der Waals surface area contributed by atoms with Crippen molar-refractivity contribution in [3.8, 4) is 23.6 Å². The molecule has 0 aromatic heterocycles. The van der Waals surface area contributed by atoms with Crippen molar-refractivity contribution in [1.29, 1.82) is 10.5 Å². The highest BCUT2D eigenvalue weighted by atomic mass is 31.2. The fraction of sp³-hybridized carbons (Fsp3) is 0.590. The lowest BCUT2D eigenvalue weighted by Gasteiger charge is -2.47. The molecule has 16 nitrogen and oxygen atoms in total. The molecule has 5 aliphatic heterocycles. The predicted octanol–water partition coefficient (Wildman–Crippen LogP) is 6.77. The van der Waals surface area contributed by atoms with Crippen molar-refractivity contribution in [2.45, 2.75) is 127 Å². The van der Waals surface area contributed by atoms with E-state index in [9.17, 15) is 34.1 Å². The fourth-order valence-electron chi connectivity index (χ4n) is 8.29. The molecule has 0 spiro atoms. The lowest BCUT2D eigenvalue weighted by atomic mass is 9.85. The predicted molar refractivity (Wildman–Crippen MR) is 202 cm³/mol. The summed E-state index contributed by atoms with van der Waals surface area (Å²) in [5.41, 5.74) is -0.822. The molecule has 7 unspecified atom stereocenters. The van der Waals surface area contributed by atoms with E-state index in [0.717, 1.165) is 0 Å². The van der Waals surface area contributed by atoms with Gasteiger partial charge in [0.15, 0.2) is 11.4 Å². The molecule has 1 N–H and O–H groups in total.